The van der Waals surface area contributed by atoms with Crippen LogP contribution in [0.4, 0.5) is 8.78 Å². The van der Waals surface area contributed by atoms with E-state index in [2.05, 4.69) is 26.0 Å². The van der Waals surface area contributed by atoms with Crippen LogP contribution >= 0.6 is 0 Å². The first-order valence-electron chi connectivity index (χ1n) is 17.6. The molecule has 0 saturated heterocycles. The number of rotatable bonds is 21. The number of aryl methyl sites for hydroxylation is 1. The van der Waals surface area contributed by atoms with E-state index in [1.807, 2.05) is 12.1 Å². The standard InChI is InChI=1S/C39H56F2O3/c1-3-5-7-8-9-10-11-12-16-30-43-36-29-28-35(37(40)38(36)41)39(42)44-34-26-24-33(25-27-34)19-15-14-18-32-22-20-31(21-23-32)17-13-6-4-2/h14,18,24-29,31-32H,3-13,15-17,19-23,30H2,1-2H3/t31-,32-. The smallest absolute Gasteiger partial charge is 0.346 e. The lowest BCUT2D eigenvalue weighted by atomic mass is 9.79. The number of benzene rings is 2. The van der Waals surface area contributed by atoms with Crippen LogP contribution in [0.3, 0.4) is 0 Å². The number of hydrogen-bond donors (Lipinski definition) is 0. The van der Waals surface area contributed by atoms with Crippen molar-refractivity contribution >= 4 is 5.97 Å². The molecule has 0 radical (unpaired) electrons. The molecule has 0 aliphatic heterocycles. The van der Waals surface area contributed by atoms with E-state index in [0.717, 1.165) is 43.6 Å². The summed E-state index contributed by atoms with van der Waals surface area (Å²) < 4.78 is 40.1. The summed E-state index contributed by atoms with van der Waals surface area (Å²) in [5.74, 6) is -1.55. The van der Waals surface area contributed by atoms with Gasteiger partial charge >= 0.3 is 5.97 Å². The molecular weight excluding hydrogens is 554 g/mol. The van der Waals surface area contributed by atoms with Crippen LogP contribution in [0.15, 0.2) is 48.6 Å². The van der Waals surface area contributed by atoms with Gasteiger partial charge in [-0.3, -0.25) is 0 Å². The Morgan fingerprint density at radius 2 is 1.41 bits per heavy atom. The van der Waals surface area contributed by atoms with Crippen molar-refractivity contribution in [2.75, 3.05) is 6.61 Å². The first kappa shape index (κ1) is 35.8. The molecule has 3 rings (SSSR count). The Morgan fingerprint density at radius 1 is 0.773 bits per heavy atom. The lowest BCUT2D eigenvalue weighted by Gasteiger charge is -2.26. The van der Waals surface area contributed by atoms with Gasteiger partial charge in [-0.15, -0.1) is 0 Å². The number of unbranched alkanes of at least 4 members (excludes halogenated alkanes) is 10. The highest BCUT2D eigenvalue weighted by Gasteiger charge is 2.21. The van der Waals surface area contributed by atoms with E-state index in [4.69, 9.17) is 9.47 Å². The predicted octanol–water partition coefficient (Wildman–Crippen LogP) is 12.0. The second-order valence-corrected chi connectivity index (χ2v) is 12.7. The molecule has 2 aromatic rings. The molecule has 1 aliphatic carbocycles. The van der Waals surface area contributed by atoms with Crippen LogP contribution in [0, 0.1) is 23.5 Å². The van der Waals surface area contributed by atoms with Crippen molar-refractivity contribution in [3.8, 4) is 11.5 Å². The summed E-state index contributed by atoms with van der Waals surface area (Å²) in [6.07, 6.45) is 27.9. The van der Waals surface area contributed by atoms with Gasteiger partial charge in [0, 0.05) is 0 Å². The Morgan fingerprint density at radius 3 is 2.09 bits per heavy atom. The summed E-state index contributed by atoms with van der Waals surface area (Å²) in [7, 11) is 0. The van der Waals surface area contributed by atoms with Crippen LogP contribution in [0.5, 0.6) is 11.5 Å². The van der Waals surface area contributed by atoms with Gasteiger partial charge in [0.2, 0.25) is 5.82 Å². The number of hydrogen-bond acceptors (Lipinski definition) is 3. The van der Waals surface area contributed by atoms with E-state index in [1.165, 1.54) is 102 Å². The third-order valence-corrected chi connectivity index (χ3v) is 9.02. The second kappa shape index (κ2) is 21.1. The first-order valence-corrected chi connectivity index (χ1v) is 17.6. The van der Waals surface area contributed by atoms with Gasteiger partial charge in [-0.25, -0.2) is 9.18 Å². The lowest BCUT2D eigenvalue weighted by Crippen LogP contribution is -2.13. The molecule has 44 heavy (non-hydrogen) atoms. The summed E-state index contributed by atoms with van der Waals surface area (Å²) in [5.41, 5.74) is 0.696. The highest BCUT2D eigenvalue weighted by atomic mass is 19.2. The average molecular weight is 611 g/mol. The lowest BCUT2D eigenvalue weighted by molar-refractivity contribution is 0.0728. The third-order valence-electron chi connectivity index (χ3n) is 9.02. The van der Waals surface area contributed by atoms with E-state index >= 15 is 0 Å². The van der Waals surface area contributed by atoms with Crippen molar-refractivity contribution in [3.05, 3.63) is 71.3 Å². The minimum atomic E-state index is -1.24. The molecule has 0 amide bonds. The fourth-order valence-electron chi connectivity index (χ4n) is 6.17. The number of ether oxygens (including phenoxy) is 2. The number of allylic oxidation sites excluding steroid dienone is 2. The number of esters is 1. The van der Waals surface area contributed by atoms with E-state index in [1.54, 1.807) is 12.1 Å². The van der Waals surface area contributed by atoms with Crippen molar-refractivity contribution in [2.45, 2.75) is 136 Å². The second-order valence-electron chi connectivity index (χ2n) is 12.7. The fourth-order valence-corrected chi connectivity index (χ4v) is 6.17. The Labute approximate surface area is 265 Å². The molecule has 0 unspecified atom stereocenters. The SMILES string of the molecule is CCCCCCCCCCCOc1ccc(C(=O)Oc2ccc(CCC=C[C@H]3CC[C@H](CCCCC)CC3)cc2)c(F)c1F. The van der Waals surface area contributed by atoms with Gasteiger partial charge in [-0.05, 0) is 86.6 Å². The zero-order valence-corrected chi connectivity index (χ0v) is 27.4. The molecule has 1 fully saturated rings. The van der Waals surface area contributed by atoms with Gasteiger partial charge in [-0.1, -0.05) is 115 Å². The van der Waals surface area contributed by atoms with E-state index in [-0.39, 0.29) is 5.75 Å². The largest absolute Gasteiger partial charge is 0.490 e. The van der Waals surface area contributed by atoms with Crippen LogP contribution in [0.25, 0.3) is 0 Å². The molecule has 0 atom stereocenters. The van der Waals surface area contributed by atoms with Crippen LogP contribution < -0.4 is 9.47 Å². The summed E-state index contributed by atoms with van der Waals surface area (Å²) in [6, 6.07) is 9.77. The maximum atomic E-state index is 14.7. The van der Waals surface area contributed by atoms with Crippen LogP contribution in [-0.4, -0.2) is 12.6 Å². The predicted molar refractivity (Wildman–Crippen MR) is 178 cm³/mol. The molecule has 0 bridgehead atoms. The first-order chi connectivity index (χ1) is 21.5. The van der Waals surface area contributed by atoms with Gasteiger partial charge in [0.25, 0.3) is 0 Å². The maximum absolute atomic E-state index is 14.7. The van der Waals surface area contributed by atoms with Crippen molar-refractivity contribution in [3.63, 3.8) is 0 Å². The molecule has 0 heterocycles. The maximum Gasteiger partial charge on any atom is 0.346 e. The van der Waals surface area contributed by atoms with Crippen molar-refractivity contribution in [1.82, 2.24) is 0 Å². The van der Waals surface area contributed by atoms with Gasteiger partial charge in [0.15, 0.2) is 11.6 Å². The summed E-state index contributed by atoms with van der Waals surface area (Å²) >= 11 is 0. The Kier molecular flexibility index (Phi) is 17.2. The summed E-state index contributed by atoms with van der Waals surface area (Å²) in [5, 5.41) is 0. The number of carbonyl (C=O) groups excluding carboxylic acids is 1. The fraction of sp³-hybridized carbons (Fsp3) is 0.615. The van der Waals surface area contributed by atoms with Crippen LogP contribution in [-0.2, 0) is 6.42 Å². The Bertz CT molecular complexity index is 1100. The highest BCUT2D eigenvalue weighted by Crippen LogP contribution is 2.33. The van der Waals surface area contributed by atoms with Gasteiger partial charge in [-0.2, -0.15) is 4.39 Å². The summed E-state index contributed by atoms with van der Waals surface area (Å²) in [4.78, 5) is 12.6. The van der Waals surface area contributed by atoms with Crippen molar-refractivity contribution in [1.29, 1.82) is 0 Å². The van der Waals surface area contributed by atoms with E-state index in [0.29, 0.717) is 18.3 Å². The van der Waals surface area contributed by atoms with Gasteiger partial charge < -0.3 is 9.47 Å². The number of carbonyl (C=O) groups is 1. The van der Waals surface area contributed by atoms with Gasteiger partial charge in [0.1, 0.15) is 5.75 Å². The Balaban J connectivity index is 1.34. The highest BCUT2D eigenvalue weighted by molar-refractivity contribution is 5.91. The van der Waals surface area contributed by atoms with E-state index in [9.17, 15) is 13.6 Å². The van der Waals surface area contributed by atoms with E-state index < -0.39 is 23.2 Å². The van der Waals surface area contributed by atoms with Crippen molar-refractivity contribution < 1.29 is 23.0 Å². The molecular formula is C39H56F2O3. The topological polar surface area (TPSA) is 35.5 Å². The quantitative estimate of drug-likeness (QED) is 0.0610. The van der Waals surface area contributed by atoms with Gasteiger partial charge in [0.05, 0.1) is 12.2 Å². The Hall–Kier alpha value is -2.69. The molecule has 1 saturated carbocycles. The monoisotopic (exact) mass is 610 g/mol. The van der Waals surface area contributed by atoms with Crippen LogP contribution in [0.2, 0.25) is 0 Å². The third kappa shape index (κ3) is 13.1. The zero-order valence-electron chi connectivity index (χ0n) is 27.4. The molecule has 3 nitrogen and oxygen atoms in total. The molecule has 2 aromatic carbocycles. The molecule has 244 valence electrons. The molecule has 0 spiro atoms. The molecule has 0 aromatic heterocycles. The molecule has 5 heteroatoms. The van der Waals surface area contributed by atoms with Crippen molar-refractivity contribution in [2.24, 2.45) is 11.8 Å². The number of halogens is 2. The minimum Gasteiger partial charge on any atom is -0.490 e. The summed E-state index contributed by atoms with van der Waals surface area (Å²) in [6.45, 7) is 4.80. The minimum absolute atomic E-state index is 0.174. The molecule has 0 N–H and O–H groups in total. The average Bonchev–Trinajstić information content (AvgIpc) is 3.03. The normalized spacial score (nSPS) is 16.8. The zero-order chi connectivity index (χ0) is 31.4. The van der Waals surface area contributed by atoms with Crippen LogP contribution in [0.1, 0.15) is 145 Å². The molecule has 1 aliphatic rings.